The summed E-state index contributed by atoms with van der Waals surface area (Å²) in [6.45, 7) is 2.11. The van der Waals surface area contributed by atoms with Crippen molar-refractivity contribution in [3.05, 3.63) is 34.3 Å². The molecular weight excluding hydrogens is 374 g/mol. The summed E-state index contributed by atoms with van der Waals surface area (Å²) in [5.41, 5.74) is -0.503. The number of benzene rings is 1. The van der Waals surface area contributed by atoms with Gasteiger partial charge in [0.15, 0.2) is 0 Å². The lowest BCUT2D eigenvalue weighted by Crippen LogP contribution is -2.44. The average Bonchev–Trinajstić information content (AvgIpc) is 3.32. The lowest BCUT2D eigenvalue weighted by atomic mass is 9.92. The summed E-state index contributed by atoms with van der Waals surface area (Å²) in [5.74, 6) is -0.0676. The first kappa shape index (κ1) is 17.0. The van der Waals surface area contributed by atoms with Crippen LogP contribution in [0.3, 0.4) is 0 Å². The van der Waals surface area contributed by atoms with Crippen molar-refractivity contribution in [3.8, 4) is 0 Å². The van der Waals surface area contributed by atoms with E-state index in [1.165, 1.54) is 0 Å². The molecule has 1 aromatic carbocycles. The number of nitrogens with zero attached hydrogens (tertiary/aromatic N) is 2. The van der Waals surface area contributed by atoms with Crippen molar-refractivity contribution < 1.29 is 14.4 Å². The SMILES string of the molecule is CN(CC1CC1)C(=O)CN1C(=O)N[C@](C)(c2ccccc2Br)C1=O. The summed E-state index contributed by atoms with van der Waals surface area (Å²) in [6, 6.07) is 6.71. The third kappa shape index (κ3) is 3.05. The normalized spacial score (nSPS) is 23.4. The molecule has 2 fully saturated rings. The number of carbonyl (C=O) groups is 3. The fraction of sp³-hybridized carbons (Fsp3) is 0.471. The van der Waals surface area contributed by atoms with Crippen molar-refractivity contribution in [1.29, 1.82) is 0 Å². The molecule has 0 spiro atoms. The zero-order chi connectivity index (χ0) is 17.5. The van der Waals surface area contributed by atoms with Gasteiger partial charge in [0.2, 0.25) is 5.91 Å². The van der Waals surface area contributed by atoms with Crippen LogP contribution >= 0.6 is 15.9 Å². The molecule has 128 valence electrons. The second-order valence-corrected chi connectivity index (χ2v) is 7.50. The molecule has 0 radical (unpaired) electrons. The van der Waals surface area contributed by atoms with Crippen molar-refractivity contribution in [2.24, 2.45) is 5.92 Å². The van der Waals surface area contributed by atoms with Crippen molar-refractivity contribution in [2.75, 3.05) is 20.1 Å². The van der Waals surface area contributed by atoms with E-state index in [4.69, 9.17) is 0 Å². The van der Waals surface area contributed by atoms with Gasteiger partial charge in [0, 0.05) is 23.6 Å². The van der Waals surface area contributed by atoms with Crippen LogP contribution in [0.15, 0.2) is 28.7 Å². The van der Waals surface area contributed by atoms with Crippen LogP contribution < -0.4 is 5.32 Å². The minimum Gasteiger partial charge on any atom is -0.344 e. The van der Waals surface area contributed by atoms with Crippen LogP contribution in [0.1, 0.15) is 25.3 Å². The van der Waals surface area contributed by atoms with E-state index in [1.54, 1.807) is 24.9 Å². The van der Waals surface area contributed by atoms with E-state index in [0.29, 0.717) is 18.0 Å². The fourth-order valence-corrected chi connectivity index (χ4v) is 3.62. The first-order valence-electron chi connectivity index (χ1n) is 7.96. The molecule has 7 heteroatoms. The molecule has 1 saturated carbocycles. The highest BCUT2D eigenvalue weighted by molar-refractivity contribution is 9.10. The van der Waals surface area contributed by atoms with Crippen molar-refractivity contribution in [1.82, 2.24) is 15.1 Å². The zero-order valence-electron chi connectivity index (χ0n) is 13.7. The highest BCUT2D eigenvalue weighted by atomic mass is 79.9. The Labute approximate surface area is 149 Å². The van der Waals surface area contributed by atoms with Crippen LogP contribution in [0, 0.1) is 5.92 Å². The van der Waals surface area contributed by atoms with Gasteiger partial charge in [-0.15, -0.1) is 0 Å². The molecule has 1 aromatic rings. The predicted octanol–water partition coefficient (Wildman–Crippen LogP) is 2.08. The van der Waals surface area contributed by atoms with Crippen LogP contribution in [0.2, 0.25) is 0 Å². The number of imide groups is 1. The molecule has 1 N–H and O–H groups in total. The van der Waals surface area contributed by atoms with Gasteiger partial charge in [0.05, 0.1) is 0 Å². The molecule has 1 aliphatic heterocycles. The van der Waals surface area contributed by atoms with Gasteiger partial charge in [0.25, 0.3) is 5.91 Å². The largest absolute Gasteiger partial charge is 0.344 e. The molecule has 1 aliphatic carbocycles. The first-order chi connectivity index (χ1) is 11.3. The number of hydrogen-bond donors (Lipinski definition) is 1. The van der Waals surface area contributed by atoms with E-state index in [2.05, 4.69) is 21.2 Å². The summed E-state index contributed by atoms with van der Waals surface area (Å²) in [7, 11) is 1.71. The lowest BCUT2D eigenvalue weighted by molar-refractivity contribution is -0.138. The Bertz CT molecular complexity index is 704. The van der Waals surface area contributed by atoms with Gasteiger partial charge in [-0.2, -0.15) is 0 Å². The van der Waals surface area contributed by atoms with Crippen molar-refractivity contribution >= 4 is 33.8 Å². The Hall–Kier alpha value is -1.89. The summed E-state index contributed by atoms with van der Waals surface area (Å²) in [4.78, 5) is 40.0. The number of halogens is 1. The highest BCUT2D eigenvalue weighted by Crippen LogP contribution is 2.33. The summed E-state index contributed by atoms with van der Waals surface area (Å²) in [5, 5.41) is 2.72. The van der Waals surface area contributed by atoms with Crippen LogP contribution in [0.5, 0.6) is 0 Å². The van der Waals surface area contributed by atoms with Gasteiger partial charge in [-0.1, -0.05) is 34.1 Å². The molecule has 0 aromatic heterocycles. The van der Waals surface area contributed by atoms with Crippen LogP contribution in [-0.4, -0.2) is 47.8 Å². The molecular formula is C17H20BrN3O3. The maximum Gasteiger partial charge on any atom is 0.325 e. The Morgan fingerprint density at radius 3 is 2.67 bits per heavy atom. The molecule has 2 aliphatic rings. The standard InChI is InChI=1S/C17H20BrN3O3/c1-17(12-5-3-4-6-13(12)18)15(23)21(16(24)19-17)10-14(22)20(2)9-11-7-8-11/h3-6,11H,7-10H2,1-2H3,(H,19,24)/t17-/m1/s1. The second kappa shape index (κ2) is 6.20. The van der Waals surface area contributed by atoms with E-state index in [1.807, 2.05) is 18.2 Å². The maximum absolute atomic E-state index is 12.8. The van der Waals surface area contributed by atoms with Gasteiger partial charge in [-0.3, -0.25) is 14.5 Å². The van der Waals surface area contributed by atoms with Gasteiger partial charge in [0.1, 0.15) is 12.1 Å². The van der Waals surface area contributed by atoms with E-state index in [0.717, 1.165) is 22.2 Å². The molecule has 4 amide bonds. The molecule has 1 saturated heterocycles. The van der Waals surface area contributed by atoms with Crippen LogP contribution in [0.4, 0.5) is 4.79 Å². The topological polar surface area (TPSA) is 69.7 Å². The van der Waals surface area contributed by atoms with Gasteiger partial charge < -0.3 is 10.2 Å². The summed E-state index contributed by atoms with van der Waals surface area (Å²) >= 11 is 3.42. The third-order valence-electron chi connectivity index (χ3n) is 4.64. The number of likely N-dealkylation sites (N-methyl/N-ethyl adjacent to an activating group) is 1. The highest BCUT2D eigenvalue weighted by Gasteiger charge is 2.50. The van der Waals surface area contributed by atoms with E-state index < -0.39 is 17.5 Å². The minimum atomic E-state index is -1.17. The third-order valence-corrected chi connectivity index (χ3v) is 5.33. The first-order valence-corrected chi connectivity index (χ1v) is 8.75. The molecule has 24 heavy (non-hydrogen) atoms. The maximum atomic E-state index is 12.8. The van der Waals surface area contributed by atoms with Gasteiger partial charge >= 0.3 is 6.03 Å². The fourth-order valence-electron chi connectivity index (χ4n) is 2.94. The molecule has 0 unspecified atom stereocenters. The number of rotatable bonds is 5. The number of hydrogen-bond acceptors (Lipinski definition) is 3. The number of amides is 4. The van der Waals surface area contributed by atoms with E-state index in [-0.39, 0.29) is 12.5 Å². The van der Waals surface area contributed by atoms with Gasteiger partial charge in [-0.05, 0) is 31.7 Å². The average molecular weight is 394 g/mol. The Morgan fingerprint density at radius 2 is 2.04 bits per heavy atom. The van der Waals surface area contributed by atoms with Crippen molar-refractivity contribution in [3.63, 3.8) is 0 Å². The van der Waals surface area contributed by atoms with Gasteiger partial charge in [-0.25, -0.2) is 4.79 Å². The molecule has 6 nitrogen and oxygen atoms in total. The second-order valence-electron chi connectivity index (χ2n) is 6.64. The smallest absolute Gasteiger partial charge is 0.325 e. The Morgan fingerprint density at radius 1 is 1.38 bits per heavy atom. The molecule has 1 heterocycles. The Kier molecular flexibility index (Phi) is 4.38. The number of nitrogens with one attached hydrogen (secondary N) is 1. The molecule has 0 bridgehead atoms. The summed E-state index contributed by atoms with van der Waals surface area (Å²) in [6.07, 6.45) is 2.28. The van der Waals surface area contributed by atoms with E-state index in [9.17, 15) is 14.4 Å². The lowest BCUT2D eigenvalue weighted by Gasteiger charge is -2.24. The zero-order valence-corrected chi connectivity index (χ0v) is 15.3. The molecule has 3 rings (SSSR count). The monoisotopic (exact) mass is 393 g/mol. The van der Waals surface area contributed by atoms with Crippen LogP contribution in [-0.2, 0) is 15.1 Å². The summed E-state index contributed by atoms with van der Waals surface area (Å²) < 4.78 is 0.736. The van der Waals surface area contributed by atoms with Crippen molar-refractivity contribution in [2.45, 2.75) is 25.3 Å². The number of urea groups is 1. The number of carbonyl (C=O) groups excluding carboxylic acids is 3. The van der Waals surface area contributed by atoms with E-state index >= 15 is 0 Å². The van der Waals surface area contributed by atoms with Crippen LogP contribution in [0.25, 0.3) is 0 Å². The predicted molar refractivity (Wildman–Crippen MR) is 92.1 cm³/mol. The molecule has 1 atom stereocenters. The Balaban J connectivity index is 1.76. The quantitative estimate of drug-likeness (QED) is 0.778. The minimum absolute atomic E-state index is 0.221.